The lowest BCUT2D eigenvalue weighted by atomic mass is 9.96. The molecule has 2 aromatic heterocycles. The van der Waals surface area contributed by atoms with Crippen LogP contribution >= 0.6 is 0 Å². The first-order valence-electron chi connectivity index (χ1n) is 10.3. The molecule has 0 saturated heterocycles. The minimum atomic E-state index is -0.145. The van der Waals surface area contributed by atoms with Gasteiger partial charge in [0.25, 0.3) is 0 Å². The maximum atomic E-state index is 12.0. The zero-order valence-corrected chi connectivity index (χ0v) is 17.0. The fraction of sp³-hybridized carbons (Fsp3) is 0.429. The molecule has 0 aliphatic heterocycles. The summed E-state index contributed by atoms with van der Waals surface area (Å²) in [5.74, 6) is 1.76. The average molecular weight is 410 g/mol. The molecule has 9 heteroatoms. The standard InChI is InChI=1S/C21H26N6O3/c1-29-17-9-5-6-15(14-17)20-25-24-18-10-11-19(26-27(18)20)30-13-12-22-21(28)23-16-7-3-2-4-8-16/h5-6,9-11,14,16H,2-4,7-8,12-13H2,1H3,(H2,22,23,28). The number of fused-ring (bicyclic) bond motifs is 1. The average Bonchev–Trinajstić information content (AvgIpc) is 3.21. The van der Waals surface area contributed by atoms with Gasteiger partial charge in [0.1, 0.15) is 12.4 Å². The second-order valence-electron chi connectivity index (χ2n) is 7.28. The highest BCUT2D eigenvalue weighted by Gasteiger charge is 2.15. The number of hydrogen-bond donors (Lipinski definition) is 2. The Morgan fingerprint density at radius 2 is 2.03 bits per heavy atom. The number of urea groups is 1. The molecule has 0 radical (unpaired) electrons. The van der Waals surface area contributed by atoms with Gasteiger partial charge in [-0.1, -0.05) is 31.4 Å². The molecule has 3 aromatic rings. The van der Waals surface area contributed by atoms with Crippen molar-refractivity contribution in [2.75, 3.05) is 20.3 Å². The molecule has 0 unspecified atom stereocenters. The van der Waals surface area contributed by atoms with Crippen molar-refractivity contribution in [3.8, 4) is 23.0 Å². The molecular formula is C21H26N6O3. The van der Waals surface area contributed by atoms with Gasteiger partial charge in [0.2, 0.25) is 5.88 Å². The molecule has 2 heterocycles. The molecule has 0 bridgehead atoms. The van der Waals surface area contributed by atoms with Crippen LogP contribution in [-0.2, 0) is 0 Å². The van der Waals surface area contributed by atoms with Gasteiger partial charge in [-0.05, 0) is 31.0 Å². The van der Waals surface area contributed by atoms with Crippen molar-refractivity contribution >= 4 is 11.7 Å². The predicted octanol–water partition coefficient (Wildman–Crippen LogP) is 2.81. The highest BCUT2D eigenvalue weighted by atomic mass is 16.5. The van der Waals surface area contributed by atoms with Crippen LogP contribution in [0.2, 0.25) is 0 Å². The van der Waals surface area contributed by atoms with Gasteiger partial charge in [0.15, 0.2) is 11.5 Å². The fourth-order valence-corrected chi connectivity index (χ4v) is 3.59. The maximum Gasteiger partial charge on any atom is 0.315 e. The van der Waals surface area contributed by atoms with E-state index in [1.807, 2.05) is 24.3 Å². The topological polar surface area (TPSA) is 103 Å². The number of aromatic nitrogens is 4. The smallest absolute Gasteiger partial charge is 0.315 e. The fourth-order valence-electron chi connectivity index (χ4n) is 3.59. The molecule has 158 valence electrons. The summed E-state index contributed by atoms with van der Waals surface area (Å²) in [6, 6.07) is 11.2. The molecule has 30 heavy (non-hydrogen) atoms. The summed E-state index contributed by atoms with van der Waals surface area (Å²) in [5.41, 5.74) is 1.46. The molecule has 2 amide bonds. The van der Waals surface area contributed by atoms with E-state index in [0.717, 1.165) is 24.2 Å². The molecule has 1 saturated carbocycles. The van der Waals surface area contributed by atoms with Gasteiger partial charge < -0.3 is 20.1 Å². The van der Waals surface area contributed by atoms with E-state index in [2.05, 4.69) is 25.9 Å². The summed E-state index contributed by atoms with van der Waals surface area (Å²) in [5, 5.41) is 18.7. The van der Waals surface area contributed by atoms with Crippen molar-refractivity contribution in [1.29, 1.82) is 0 Å². The second kappa shape index (κ2) is 9.43. The minimum Gasteiger partial charge on any atom is -0.497 e. The number of nitrogens with zero attached hydrogens (tertiary/aromatic N) is 4. The van der Waals surface area contributed by atoms with Gasteiger partial charge >= 0.3 is 6.03 Å². The van der Waals surface area contributed by atoms with Crippen molar-refractivity contribution in [1.82, 2.24) is 30.4 Å². The van der Waals surface area contributed by atoms with Crippen LogP contribution in [0, 0.1) is 0 Å². The summed E-state index contributed by atoms with van der Waals surface area (Å²) in [4.78, 5) is 12.0. The van der Waals surface area contributed by atoms with Crippen molar-refractivity contribution in [2.45, 2.75) is 38.1 Å². The van der Waals surface area contributed by atoms with E-state index in [4.69, 9.17) is 9.47 Å². The summed E-state index contributed by atoms with van der Waals surface area (Å²) in [6.45, 7) is 0.705. The lowest BCUT2D eigenvalue weighted by Crippen LogP contribution is -2.44. The van der Waals surface area contributed by atoms with Crippen LogP contribution in [0.5, 0.6) is 11.6 Å². The molecule has 1 fully saturated rings. The van der Waals surface area contributed by atoms with Gasteiger partial charge in [-0.25, -0.2) is 4.79 Å². The largest absolute Gasteiger partial charge is 0.497 e. The first-order valence-corrected chi connectivity index (χ1v) is 10.3. The maximum absolute atomic E-state index is 12.0. The van der Waals surface area contributed by atoms with Gasteiger partial charge in [-0.3, -0.25) is 0 Å². The number of ether oxygens (including phenoxy) is 2. The van der Waals surface area contributed by atoms with Crippen molar-refractivity contribution < 1.29 is 14.3 Å². The molecule has 9 nitrogen and oxygen atoms in total. The Balaban J connectivity index is 1.34. The van der Waals surface area contributed by atoms with Crippen molar-refractivity contribution in [2.24, 2.45) is 0 Å². The van der Waals surface area contributed by atoms with Crippen molar-refractivity contribution in [3.63, 3.8) is 0 Å². The van der Waals surface area contributed by atoms with Crippen LogP contribution < -0.4 is 20.1 Å². The van der Waals surface area contributed by atoms with E-state index in [9.17, 15) is 4.79 Å². The van der Waals surface area contributed by atoms with E-state index in [-0.39, 0.29) is 12.1 Å². The number of amides is 2. The van der Waals surface area contributed by atoms with E-state index in [1.54, 1.807) is 23.8 Å². The third-order valence-corrected chi connectivity index (χ3v) is 5.14. The Morgan fingerprint density at radius 1 is 1.17 bits per heavy atom. The normalized spacial score (nSPS) is 14.4. The number of methoxy groups -OCH3 is 1. The van der Waals surface area contributed by atoms with Crippen LogP contribution in [0.1, 0.15) is 32.1 Å². The highest BCUT2D eigenvalue weighted by Crippen LogP contribution is 2.23. The third kappa shape index (κ3) is 4.79. The Morgan fingerprint density at radius 3 is 2.87 bits per heavy atom. The Hall–Kier alpha value is -3.36. The quantitative estimate of drug-likeness (QED) is 0.581. The highest BCUT2D eigenvalue weighted by molar-refractivity contribution is 5.74. The Labute approximate surface area is 174 Å². The molecule has 2 N–H and O–H groups in total. The molecule has 0 atom stereocenters. The number of carbonyl (C=O) groups excluding carboxylic acids is 1. The summed E-state index contributed by atoms with van der Waals surface area (Å²) < 4.78 is 12.6. The SMILES string of the molecule is COc1cccc(-c2nnc3ccc(OCCNC(=O)NC4CCCCC4)nn23)c1. The van der Waals surface area contributed by atoms with Crippen LogP contribution in [0.3, 0.4) is 0 Å². The Kier molecular flexibility index (Phi) is 6.26. The van der Waals surface area contributed by atoms with Crippen molar-refractivity contribution in [3.05, 3.63) is 36.4 Å². The summed E-state index contributed by atoms with van der Waals surface area (Å²) in [7, 11) is 1.62. The molecular weight excluding hydrogens is 384 g/mol. The van der Waals surface area contributed by atoms with Gasteiger partial charge in [-0.2, -0.15) is 4.52 Å². The first-order chi connectivity index (χ1) is 14.7. The molecule has 1 aromatic carbocycles. The number of carbonyl (C=O) groups is 1. The second-order valence-corrected chi connectivity index (χ2v) is 7.28. The molecule has 1 aliphatic carbocycles. The van der Waals surface area contributed by atoms with E-state index < -0.39 is 0 Å². The van der Waals surface area contributed by atoms with E-state index in [1.165, 1.54) is 19.3 Å². The summed E-state index contributed by atoms with van der Waals surface area (Å²) in [6.07, 6.45) is 5.74. The Bertz CT molecular complexity index is 999. The first kappa shape index (κ1) is 19.9. The van der Waals surface area contributed by atoms with Crippen LogP contribution in [0.4, 0.5) is 4.79 Å². The molecule has 1 aliphatic rings. The van der Waals surface area contributed by atoms with Crippen LogP contribution in [0.15, 0.2) is 36.4 Å². The van der Waals surface area contributed by atoms with Gasteiger partial charge in [0, 0.05) is 17.7 Å². The number of hydrogen-bond acceptors (Lipinski definition) is 6. The predicted molar refractivity (Wildman–Crippen MR) is 112 cm³/mol. The summed E-state index contributed by atoms with van der Waals surface area (Å²) >= 11 is 0. The van der Waals surface area contributed by atoms with Crippen LogP contribution in [0.25, 0.3) is 17.0 Å². The van der Waals surface area contributed by atoms with Crippen LogP contribution in [-0.4, -0.2) is 52.1 Å². The van der Waals surface area contributed by atoms with Gasteiger partial charge in [0.05, 0.1) is 13.7 Å². The zero-order chi connectivity index (χ0) is 20.8. The van der Waals surface area contributed by atoms with E-state index in [0.29, 0.717) is 30.5 Å². The number of nitrogens with one attached hydrogen (secondary N) is 2. The third-order valence-electron chi connectivity index (χ3n) is 5.14. The number of rotatable bonds is 7. The minimum absolute atomic E-state index is 0.145. The monoisotopic (exact) mass is 410 g/mol. The molecule has 4 rings (SSSR count). The van der Waals surface area contributed by atoms with E-state index >= 15 is 0 Å². The van der Waals surface area contributed by atoms with Gasteiger partial charge in [-0.15, -0.1) is 15.3 Å². The molecule has 0 spiro atoms. The lowest BCUT2D eigenvalue weighted by molar-refractivity contribution is 0.228. The lowest BCUT2D eigenvalue weighted by Gasteiger charge is -2.22. The zero-order valence-electron chi connectivity index (χ0n) is 17.0. The number of benzene rings is 1.